The van der Waals surface area contributed by atoms with E-state index >= 15 is 0 Å². The first-order valence-electron chi connectivity index (χ1n) is 5.76. The van der Waals surface area contributed by atoms with Crippen LogP contribution in [0, 0.1) is 0 Å². The molecule has 0 radical (unpaired) electrons. The van der Waals surface area contributed by atoms with Gasteiger partial charge in [0.2, 0.25) is 11.7 Å². The lowest BCUT2D eigenvalue weighted by Gasteiger charge is -1.99. The zero-order chi connectivity index (χ0) is 13.8. The predicted molar refractivity (Wildman–Crippen MR) is 73.5 cm³/mol. The monoisotopic (exact) mass is 286 g/mol. The molecular weight excluding hydrogens is 276 g/mol. The van der Waals surface area contributed by atoms with Gasteiger partial charge in [-0.1, -0.05) is 23.0 Å². The van der Waals surface area contributed by atoms with E-state index in [1.54, 1.807) is 18.6 Å². The van der Waals surface area contributed by atoms with E-state index in [-0.39, 0.29) is 0 Å². The van der Waals surface area contributed by atoms with Crippen molar-refractivity contribution in [3.63, 3.8) is 0 Å². The molecule has 0 atom stereocenters. The Kier molecular flexibility index (Phi) is 3.55. The summed E-state index contributed by atoms with van der Waals surface area (Å²) in [5.74, 6) is 1.82. The first-order chi connectivity index (χ1) is 9.83. The average Bonchev–Trinajstić information content (AvgIpc) is 2.96. The van der Waals surface area contributed by atoms with Crippen LogP contribution in [-0.4, -0.2) is 25.1 Å². The van der Waals surface area contributed by atoms with Gasteiger partial charge in [-0.15, -0.1) is 0 Å². The van der Waals surface area contributed by atoms with Crippen LogP contribution < -0.4 is 5.73 Å². The highest BCUT2D eigenvalue weighted by molar-refractivity contribution is 7.98. The number of hydrogen-bond donors (Lipinski definition) is 1. The quantitative estimate of drug-likeness (QED) is 0.724. The summed E-state index contributed by atoms with van der Waals surface area (Å²) in [5, 5.41) is 4.54. The lowest BCUT2D eigenvalue weighted by atomic mass is 10.3. The van der Waals surface area contributed by atoms with Gasteiger partial charge in [-0.2, -0.15) is 4.98 Å². The van der Waals surface area contributed by atoms with Gasteiger partial charge in [0.1, 0.15) is 10.7 Å². The number of anilines is 1. The number of pyridine rings is 1. The molecule has 0 aromatic carbocycles. The van der Waals surface area contributed by atoms with Gasteiger partial charge >= 0.3 is 0 Å². The number of nitrogen functional groups attached to an aromatic ring is 1. The molecule has 0 fully saturated rings. The second-order valence-corrected chi connectivity index (χ2v) is 4.73. The molecule has 3 aromatic rings. The van der Waals surface area contributed by atoms with Crippen LogP contribution in [0.4, 0.5) is 5.82 Å². The highest BCUT2D eigenvalue weighted by Gasteiger charge is 2.11. The van der Waals surface area contributed by atoms with Crippen LogP contribution in [0.15, 0.2) is 46.3 Å². The van der Waals surface area contributed by atoms with Crippen molar-refractivity contribution in [2.75, 3.05) is 5.73 Å². The van der Waals surface area contributed by atoms with Crippen LogP contribution in [-0.2, 0) is 5.75 Å². The van der Waals surface area contributed by atoms with Crippen molar-refractivity contribution in [3.05, 3.63) is 42.7 Å². The molecule has 0 saturated heterocycles. The van der Waals surface area contributed by atoms with Crippen molar-refractivity contribution in [2.45, 2.75) is 10.8 Å². The molecule has 0 aliphatic carbocycles. The third-order valence-corrected chi connectivity index (χ3v) is 3.36. The maximum atomic E-state index is 5.71. The molecule has 2 N–H and O–H groups in total. The molecule has 0 amide bonds. The summed E-state index contributed by atoms with van der Waals surface area (Å²) in [7, 11) is 0. The minimum absolute atomic E-state index is 0.391. The zero-order valence-corrected chi connectivity index (χ0v) is 11.1. The standard InChI is InChI=1S/C12H10N6OS/c13-10-12(16-6-5-15-10)20-7-9-17-11(18-19-9)8-3-1-2-4-14-8/h1-6H,7H2,(H2,13,15). The SMILES string of the molecule is Nc1nccnc1SCc1nc(-c2ccccn2)no1. The van der Waals surface area contributed by atoms with Crippen molar-refractivity contribution in [3.8, 4) is 11.5 Å². The third-order valence-electron chi connectivity index (χ3n) is 2.39. The Morgan fingerprint density at radius 2 is 2.00 bits per heavy atom. The Bertz CT molecular complexity index is 702. The van der Waals surface area contributed by atoms with Gasteiger partial charge in [-0.25, -0.2) is 9.97 Å². The molecule has 0 bridgehead atoms. The van der Waals surface area contributed by atoms with Crippen molar-refractivity contribution >= 4 is 17.6 Å². The Labute approximate surface area is 118 Å². The van der Waals surface area contributed by atoms with E-state index in [4.69, 9.17) is 10.3 Å². The summed E-state index contributed by atoms with van der Waals surface area (Å²) in [6.45, 7) is 0. The van der Waals surface area contributed by atoms with Gasteiger partial charge in [0, 0.05) is 18.6 Å². The molecule has 0 saturated carbocycles. The fourth-order valence-corrected chi connectivity index (χ4v) is 2.20. The third kappa shape index (κ3) is 2.75. The molecule has 0 spiro atoms. The van der Waals surface area contributed by atoms with E-state index in [1.165, 1.54) is 11.8 Å². The van der Waals surface area contributed by atoms with Crippen LogP contribution in [0.25, 0.3) is 11.5 Å². The smallest absolute Gasteiger partial charge is 0.237 e. The normalized spacial score (nSPS) is 10.6. The van der Waals surface area contributed by atoms with Gasteiger partial charge in [-0.3, -0.25) is 4.98 Å². The molecule has 0 aliphatic heterocycles. The van der Waals surface area contributed by atoms with Crippen molar-refractivity contribution in [2.24, 2.45) is 0 Å². The first-order valence-corrected chi connectivity index (χ1v) is 6.75. The fraction of sp³-hybridized carbons (Fsp3) is 0.0833. The Morgan fingerprint density at radius 3 is 2.80 bits per heavy atom. The van der Waals surface area contributed by atoms with Gasteiger partial charge in [-0.05, 0) is 12.1 Å². The lowest BCUT2D eigenvalue weighted by Crippen LogP contribution is -1.95. The van der Waals surface area contributed by atoms with Gasteiger partial charge < -0.3 is 10.3 Å². The molecule has 0 aliphatic rings. The number of nitrogens with zero attached hydrogens (tertiary/aromatic N) is 5. The highest BCUT2D eigenvalue weighted by atomic mass is 32.2. The van der Waals surface area contributed by atoms with Crippen LogP contribution in [0.5, 0.6) is 0 Å². The molecule has 100 valence electrons. The summed E-state index contributed by atoms with van der Waals surface area (Å²) < 4.78 is 5.17. The molecule has 3 heterocycles. The molecule has 8 heteroatoms. The number of rotatable bonds is 4. The first kappa shape index (κ1) is 12.5. The summed E-state index contributed by atoms with van der Waals surface area (Å²) in [5.41, 5.74) is 6.38. The summed E-state index contributed by atoms with van der Waals surface area (Å²) in [6.07, 6.45) is 4.82. The number of nitrogens with two attached hydrogens (primary N) is 1. The minimum atomic E-state index is 0.391. The molecule has 0 unspecified atom stereocenters. The molecule has 3 aromatic heterocycles. The topological polar surface area (TPSA) is 104 Å². The van der Waals surface area contributed by atoms with E-state index in [9.17, 15) is 0 Å². The van der Waals surface area contributed by atoms with Crippen LogP contribution >= 0.6 is 11.8 Å². The maximum absolute atomic E-state index is 5.71. The maximum Gasteiger partial charge on any atom is 0.237 e. The average molecular weight is 286 g/mol. The van der Waals surface area contributed by atoms with Gasteiger partial charge in [0.25, 0.3) is 0 Å². The number of thioether (sulfide) groups is 1. The Balaban J connectivity index is 1.71. The zero-order valence-electron chi connectivity index (χ0n) is 10.3. The van der Waals surface area contributed by atoms with Gasteiger partial charge in [0.05, 0.1) is 5.75 Å². The minimum Gasteiger partial charge on any atom is -0.381 e. The highest BCUT2D eigenvalue weighted by Crippen LogP contribution is 2.24. The van der Waals surface area contributed by atoms with E-state index in [2.05, 4.69) is 25.1 Å². The fourth-order valence-electron chi connectivity index (χ4n) is 1.49. The van der Waals surface area contributed by atoms with E-state index in [1.807, 2.05) is 18.2 Å². The van der Waals surface area contributed by atoms with Crippen molar-refractivity contribution < 1.29 is 4.52 Å². The summed E-state index contributed by atoms with van der Waals surface area (Å²) in [6, 6.07) is 5.52. The van der Waals surface area contributed by atoms with Crippen LogP contribution in [0.3, 0.4) is 0 Å². The van der Waals surface area contributed by atoms with Crippen molar-refractivity contribution in [1.82, 2.24) is 25.1 Å². The molecule has 7 nitrogen and oxygen atoms in total. The summed E-state index contributed by atoms with van der Waals surface area (Å²) >= 11 is 1.39. The predicted octanol–water partition coefficient (Wildman–Crippen LogP) is 1.80. The van der Waals surface area contributed by atoms with E-state index in [0.29, 0.717) is 34.0 Å². The second kappa shape index (κ2) is 5.66. The van der Waals surface area contributed by atoms with E-state index in [0.717, 1.165) is 0 Å². The number of aromatic nitrogens is 5. The summed E-state index contributed by atoms with van der Waals surface area (Å²) in [4.78, 5) is 16.5. The largest absolute Gasteiger partial charge is 0.381 e. The molecule has 20 heavy (non-hydrogen) atoms. The molecular formula is C12H10N6OS. The van der Waals surface area contributed by atoms with Gasteiger partial charge in [0.15, 0.2) is 5.82 Å². The lowest BCUT2D eigenvalue weighted by molar-refractivity contribution is 0.391. The Morgan fingerprint density at radius 1 is 1.10 bits per heavy atom. The number of hydrogen-bond acceptors (Lipinski definition) is 8. The Hall–Kier alpha value is -2.48. The van der Waals surface area contributed by atoms with E-state index < -0.39 is 0 Å². The van der Waals surface area contributed by atoms with Crippen LogP contribution in [0.2, 0.25) is 0 Å². The second-order valence-electron chi connectivity index (χ2n) is 3.76. The molecule has 3 rings (SSSR count). The van der Waals surface area contributed by atoms with Crippen LogP contribution in [0.1, 0.15) is 5.89 Å². The van der Waals surface area contributed by atoms with Crippen molar-refractivity contribution in [1.29, 1.82) is 0 Å².